The number of carbonyl (C=O) groups excluding carboxylic acids is 3. The maximum absolute atomic E-state index is 13.2. The molecule has 1 unspecified atom stereocenters. The van der Waals surface area contributed by atoms with Crippen LogP contribution in [0, 0.1) is 0 Å². The fraction of sp³-hybridized carbons (Fsp3) is 0.258. The predicted octanol–water partition coefficient (Wildman–Crippen LogP) is 4.24. The molecule has 1 aliphatic carbocycles. The van der Waals surface area contributed by atoms with E-state index in [1.165, 1.54) is 5.56 Å². The largest absolute Gasteiger partial charge is 0.480 e. The Hall–Kier alpha value is -4.61. The van der Waals surface area contributed by atoms with Crippen LogP contribution < -0.4 is 16.0 Å². The number of hydrogen-bond acceptors (Lipinski definition) is 5. The lowest BCUT2D eigenvalue weighted by molar-refractivity contribution is -0.139. The van der Waals surface area contributed by atoms with Crippen molar-refractivity contribution in [2.24, 2.45) is 0 Å². The number of nitrogens with one attached hydrogen (secondary N) is 4. The van der Waals surface area contributed by atoms with E-state index in [4.69, 9.17) is 23.2 Å². The van der Waals surface area contributed by atoms with Gasteiger partial charge in [0.1, 0.15) is 6.04 Å². The lowest BCUT2D eigenvalue weighted by Crippen LogP contribution is -2.50. The quantitative estimate of drug-likeness (QED) is 0.205. The van der Waals surface area contributed by atoms with Crippen LogP contribution in [0.25, 0.3) is 11.0 Å². The number of nitrogens with zero attached hydrogens (tertiary/aromatic N) is 2. The van der Waals surface area contributed by atoms with Crippen LogP contribution in [-0.4, -0.2) is 62.9 Å². The fourth-order valence-electron chi connectivity index (χ4n) is 5.83. The minimum atomic E-state index is -1.44. The number of halogens is 2. The first-order valence-electron chi connectivity index (χ1n) is 14.1. The summed E-state index contributed by atoms with van der Waals surface area (Å²) in [4.78, 5) is 59.9. The summed E-state index contributed by atoms with van der Waals surface area (Å²) in [5, 5.41) is 17.7. The molecule has 226 valence electrons. The number of urea groups is 1. The molecule has 0 bridgehead atoms. The number of amides is 4. The van der Waals surface area contributed by atoms with Crippen molar-refractivity contribution >= 4 is 58.1 Å². The summed E-state index contributed by atoms with van der Waals surface area (Å²) in [6, 6.07) is 12.5. The molecule has 1 aromatic heterocycles. The number of aliphatic carboxylic acids is 1. The highest BCUT2D eigenvalue weighted by Gasteiger charge is 2.30. The van der Waals surface area contributed by atoms with Gasteiger partial charge in [0.25, 0.3) is 11.8 Å². The molecule has 5 N–H and O–H groups in total. The number of aromatic nitrogens is 2. The van der Waals surface area contributed by atoms with E-state index < -0.39 is 23.9 Å². The maximum Gasteiger partial charge on any atom is 0.328 e. The average Bonchev–Trinajstić information content (AvgIpc) is 3.65. The van der Waals surface area contributed by atoms with Gasteiger partial charge in [0, 0.05) is 18.7 Å². The van der Waals surface area contributed by atoms with Gasteiger partial charge in [0.15, 0.2) is 0 Å². The van der Waals surface area contributed by atoms with Crippen molar-refractivity contribution in [3.63, 3.8) is 0 Å². The zero-order valence-electron chi connectivity index (χ0n) is 23.3. The average molecular weight is 636 g/mol. The Kier molecular flexibility index (Phi) is 8.15. The smallest absolute Gasteiger partial charge is 0.328 e. The Labute approximate surface area is 261 Å². The number of carboxylic acids is 1. The number of rotatable bonds is 7. The van der Waals surface area contributed by atoms with Gasteiger partial charge in [0.2, 0.25) is 0 Å². The summed E-state index contributed by atoms with van der Waals surface area (Å²) < 4.78 is 0. The minimum absolute atomic E-state index is 0.0224. The van der Waals surface area contributed by atoms with Crippen molar-refractivity contribution in [3.8, 4) is 0 Å². The molecule has 2 aliphatic rings. The van der Waals surface area contributed by atoms with Crippen molar-refractivity contribution in [3.05, 3.63) is 98.3 Å². The van der Waals surface area contributed by atoms with Crippen molar-refractivity contribution in [2.75, 3.05) is 13.1 Å². The number of imidazole rings is 1. The summed E-state index contributed by atoms with van der Waals surface area (Å²) in [7, 11) is 0. The zero-order chi connectivity index (χ0) is 31.0. The molecule has 0 radical (unpaired) electrons. The van der Waals surface area contributed by atoms with E-state index >= 15 is 0 Å². The number of carbonyl (C=O) groups is 4. The molecule has 2 heterocycles. The Morgan fingerprint density at radius 2 is 1.89 bits per heavy atom. The van der Waals surface area contributed by atoms with Gasteiger partial charge >= 0.3 is 12.0 Å². The number of fused-ring (bicyclic) bond motifs is 3. The molecule has 11 nitrogen and oxygen atoms in total. The third-order valence-electron chi connectivity index (χ3n) is 8.09. The molecular weight excluding hydrogens is 607 g/mol. The molecule has 0 spiro atoms. The number of H-pyrrole nitrogens is 1. The number of benzene rings is 3. The fourth-order valence-corrected chi connectivity index (χ4v) is 6.59. The van der Waals surface area contributed by atoms with Gasteiger partial charge in [0.05, 0.1) is 45.6 Å². The van der Waals surface area contributed by atoms with Gasteiger partial charge in [-0.15, -0.1) is 0 Å². The van der Waals surface area contributed by atoms with Crippen LogP contribution in [0.1, 0.15) is 55.4 Å². The minimum Gasteiger partial charge on any atom is -0.480 e. The molecule has 1 aliphatic heterocycles. The van der Waals surface area contributed by atoms with E-state index in [0.717, 1.165) is 29.4 Å². The summed E-state index contributed by atoms with van der Waals surface area (Å²) in [5.74, 6) is -2.29. The summed E-state index contributed by atoms with van der Waals surface area (Å²) in [6.07, 6.45) is 3.52. The lowest BCUT2D eigenvalue weighted by atomic mass is 9.96. The van der Waals surface area contributed by atoms with Gasteiger partial charge in [-0.3, -0.25) is 9.59 Å². The van der Waals surface area contributed by atoms with Crippen LogP contribution in [0.15, 0.2) is 54.9 Å². The first kappa shape index (κ1) is 29.5. The Morgan fingerprint density at radius 1 is 1.07 bits per heavy atom. The van der Waals surface area contributed by atoms with E-state index in [1.54, 1.807) is 35.5 Å². The summed E-state index contributed by atoms with van der Waals surface area (Å²) >= 11 is 13.2. The van der Waals surface area contributed by atoms with Gasteiger partial charge in [-0.05, 0) is 65.8 Å². The van der Waals surface area contributed by atoms with Gasteiger partial charge in [-0.2, -0.15) is 0 Å². The molecule has 0 fully saturated rings. The van der Waals surface area contributed by atoms with Crippen molar-refractivity contribution in [1.82, 2.24) is 30.8 Å². The number of aryl methyl sites for hydroxylation is 1. The highest BCUT2D eigenvalue weighted by molar-refractivity contribution is 6.40. The molecular formula is C31H28Cl2N6O5. The van der Waals surface area contributed by atoms with Gasteiger partial charge in [-0.1, -0.05) is 47.5 Å². The molecule has 3 aromatic carbocycles. The zero-order valence-corrected chi connectivity index (χ0v) is 24.8. The molecule has 6 rings (SSSR count). The topological polar surface area (TPSA) is 157 Å². The Balaban J connectivity index is 1.10. The van der Waals surface area contributed by atoms with E-state index in [-0.39, 0.29) is 40.6 Å². The van der Waals surface area contributed by atoms with Crippen LogP contribution in [0.2, 0.25) is 10.0 Å². The van der Waals surface area contributed by atoms with Crippen LogP contribution >= 0.6 is 23.2 Å². The second-order valence-electron chi connectivity index (χ2n) is 10.8. The number of aromatic amines is 1. The third-order valence-corrected chi connectivity index (χ3v) is 8.81. The van der Waals surface area contributed by atoms with E-state index in [2.05, 4.69) is 25.9 Å². The summed E-state index contributed by atoms with van der Waals surface area (Å²) in [5.41, 5.74) is 5.52. The molecule has 4 aromatic rings. The second kappa shape index (κ2) is 12.2. The molecule has 44 heavy (non-hydrogen) atoms. The monoisotopic (exact) mass is 634 g/mol. The van der Waals surface area contributed by atoms with E-state index in [1.807, 2.05) is 24.3 Å². The van der Waals surface area contributed by atoms with Crippen LogP contribution in [0.3, 0.4) is 0 Å². The summed E-state index contributed by atoms with van der Waals surface area (Å²) in [6.45, 7) is 0.235. The maximum atomic E-state index is 13.2. The molecule has 13 heteroatoms. The van der Waals surface area contributed by atoms with Crippen molar-refractivity contribution in [2.45, 2.75) is 37.9 Å². The van der Waals surface area contributed by atoms with E-state index in [0.29, 0.717) is 29.7 Å². The molecule has 0 saturated heterocycles. The lowest BCUT2D eigenvalue weighted by Gasteiger charge is -2.30. The highest BCUT2D eigenvalue weighted by Crippen LogP contribution is 2.35. The first-order valence-corrected chi connectivity index (χ1v) is 14.8. The third kappa shape index (κ3) is 5.80. The van der Waals surface area contributed by atoms with Crippen LogP contribution in [-0.2, 0) is 24.2 Å². The molecule has 0 saturated carbocycles. The Bertz CT molecular complexity index is 1810. The number of hydrogen-bond donors (Lipinski definition) is 5. The highest BCUT2D eigenvalue weighted by atomic mass is 35.5. The normalized spacial score (nSPS) is 16.1. The van der Waals surface area contributed by atoms with Crippen molar-refractivity contribution < 1.29 is 24.3 Å². The van der Waals surface area contributed by atoms with Crippen LogP contribution in [0.4, 0.5) is 4.79 Å². The molecule has 4 amide bonds. The predicted molar refractivity (Wildman–Crippen MR) is 164 cm³/mol. The van der Waals surface area contributed by atoms with E-state index in [9.17, 15) is 24.3 Å². The first-order chi connectivity index (χ1) is 21.2. The SMILES string of the molecule is O=C(NCC(NC(=O)c1c(Cl)cc2c(c1Cl)CCN(C(=O)c1ccc3nc[nH]c3c1)C2)C(=O)O)N[C@@H]1CCc2ccccc21. The van der Waals surface area contributed by atoms with Crippen LogP contribution in [0.5, 0.6) is 0 Å². The Morgan fingerprint density at radius 3 is 2.70 bits per heavy atom. The van der Waals surface area contributed by atoms with Gasteiger partial charge < -0.3 is 30.9 Å². The number of carboxylic acid groups (broad SMARTS) is 1. The second-order valence-corrected chi connectivity index (χ2v) is 11.6. The van der Waals surface area contributed by atoms with Gasteiger partial charge in [-0.25, -0.2) is 14.6 Å². The van der Waals surface area contributed by atoms with Crippen molar-refractivity contribution in [1.29, 1.82) is 0 Å². The standard InChI is InChI=1S/C31H28Cl2N6O5/c32-21-11-18-14-39(29(41)17-6-8-23-24(12-17)36-15-35-23)10-9-20(18)27(33)26(21)28(40)37-25(30(42)43)13-34-31(44)38-22-7-5-16-3-1-2-4-19(16)22/h1-4,6,8,11-12,15,22,25H,5,7,9-10,13-14H2,(H,35,36)(H,37,40)(H,42,43)(H2,34,38,44)/t22-,25?/m1/s1. The molecule has 2 atom stereocenters.